The van der Waals surface area contributed by atoms with E-state index in [2.05, 4.69) is 5.32 Å². The summed E-state index contributed by atoms with van der Waals surface area (Å²) in [4.78, 5) is 30.1. The monoisotopic (exact) mass is 731 g/mol. The van der Waals surface area contributed by atoms with Crippen molar-refractivity contribution in [2.45, 2.75) is 55.6 Å². The summed E-state index contributed by atoms with van der Waals surface area (Å²) < 4.78 is 29.3. The molecule has 4 aromatic carbocycles. The third-order valence-corrected chi connectivity index (χ3v) is 11.0. The number of sulfonamides is 1. The van der Waals surface area contributed by atoms with Crippen molar-refractivity contribution in [3.05, 3.63) is 128 Å². The van der Waals surface area contributed by atoms with Gasteiger partial charge in [0.15, 0.2) is 0 Å². The number of anilines is 1. The molecule has 5 rings (SSSR count). The summed E-state index contributed by atoms with van der Waals surface area (Å²) in [5.74, 6) is -0.980. The first-order valence-electron chi connectivity index (χ1n) is 15.1. The minimum absolute atomic E-state index is 0.0166. The zero-order valence-corrected chi connectivity index (χ0v) is 29.1. The van der Waals surface area contributed by atoms with Crippen molar-refractivity contribution in [1.29, 1.82) is 0 Å². The second-order valence-electron chi connectivity index (χ2n) is 11.4. The number of nitrogens with one attached hydrogen (secondary N) is 1. The second kappa shape index (κ2) is 15.8. The van der Waals surface area contributed by atoms with Crippen LogP contribution in [0.4, 0.5) is 5.69 Å². The fraction of sp³-hybridized carbons (Fsp3) is 0.257. The molecule has 47 heavy (non-hydrogen) atoms. The highest BCUT2D eigenvalue weighted by Gasteiger charge is 2.36. The van der Waals surface area contributed by atoms with E-state index in [1.54, 1.807) is 36.4 Å². The highest BCUT2D eigenvalue weighted by atomic mass is 35.5. The largest absolute Gasteiger partial charge is 0.352 e. The molecule has 0 spiro atoms. The summed E-state index contributed by atoms with van der Waals surface area (Å²) in [7, 11) is -4.33. The number of halogens is 4. The van der Waals surface area contributed by atoms with Crippen molar-refractivity contribution < 1.29 is 18.0 Å². The molecule has 246 valence electrons. The van der Waals surface area contributed by atoms with Crippen LogP contribution in [0.2, 0.25) is 20.1 Å². The Morgan fingerprint density at radius 2 is 1.40 bits per heavy atom. The van der Waals surface area contributed by atoms with Gasteiger partial charge in [-0.3, -0.25) is 13.9 Å². The fourth-order valence-corrected chi connectivity index (χ4v) is 8.02. The Hall–Kier alpha value is -3.27. The van der Waals surface area contributed by atoms with Crippen molar-refractivity contribution in [2.75, 3.05) is 10.8 Å². The van der Waals surface area contributed by atoms with Gasteiger partial charge in [0.2, 0.25) is 11.8 Å². The number of hydrogen-bond donors (Lipinski definition) is 1. The predicted molar refractivity (Wildman–Crippen MR) is 189 cm³/mol. The maximum absolute atomic E-state index is 14.7. The molecule has 1 aliphatic rings. The van der Waals surface area contributed by atoms with E-state index in [-0.39, 0.29) is 45.5 Å². The molecule has 0 radical (unpaired) electrons. The van der Waals surface area contributed by atoms with Crippen LogP contribution in [-0.2, 0) is 32.6 Å². The molecular formula is C35H33Cl4N3O4S. The Bertz CT molecular complexity index is 1820. The van der Waals surface area contributed by atoms with Crippen molar-refractivity contribution in [3.8, 4) is 0 Å². The molecule has 1 unspecified atom stereocenters. The summed E-state index contributed by atoms with van der Waals surface area (Å²) in [6.45, 7) is -0.766. The van der Waals surface area contributed by atoms with Gasteiger partial charge in [0.1, 0.15) is 12.6 Å². The highest BCUT2D eigenvalue weighted by Crippen LogP contribution is 2.34. The average Bonchev–Trinajstić information content (AvgIpc) is 3.57. The molecule has 2 amide bonds. The van der Waals surface area contributed by atoms with Crippen molar-refractivity contribution >= 4 is 73.9 Å². The molecule has 4 aromatic rings. The molecule has 0 bridgehead atoms. The lowest BCUT2D eigenvalue weighted by atomic mass is 10.0. The quantitative estimate of drug-likeness (QED) is 0.159. The van der Waals surface area contributed by atoms with Crippen LogP contribution >= 0.6 is 46.4 Å². The summed E-state index contributed by atoms with van der Waals surface area (Å²) in [6, 6.07) is 25.3. The molecule has 0 saturated heterocycles. The van der Waals surface area contributed by atoms with Crippen molar-refractivity contribution in [3.63, 3.8) is 0 Å². The SMILES string of the molecule is O=C(NC1CCCC1)C(Cc1ccccc1)N(Cc1ccc(Cl)cc1Cl)C(=O)CN(c1cc(Cl)ccc1Cl)S(=O)(=O)c1ccccc1. The molecule has 1 fully saturated rings. The standard InChI is InChI=1S/C35H33Cl4N3O4S/c36-26-16-15-25(31(39)20-26)22-41(33(19-24-9-3-1-4-10-24)35(44)40-28-11-7-8-12-28)34(43)23-42(32-21-27(37)17-18-30(32)38)47(45,46)29-13-5-2-6-14-29/h1-6,9-10,13-18,20-21,28,33H,7-8,11-12,19,22-23H2,(H,40,44). The molecule has 1 atom stereocenters. The minimum Gasteiger partial charge on any atom is -0.352 e. The van der Waals surface area contributed by atoms with Crippen LogP contribution in [0.3, 0.4) is 0 Å². The highest BCUT2D eigenvalue weighted by molar-refractivity contribution is 7.92. The topological polar surface area (TPSA) is 86.8 Å². The molecule has 1 aliphatic carbocycles. The Morgan fingerprint density at radius 1 is 0.787 bits per heavy atom. The number of nitrogens with zero attached hydrogens (tertiary/aromatic N) is 2. The fourth-order valence-electron chi connectivity index (χ4n) is 5.66. The third-order valence-electron chi connectivity index (χ3n) is 8.12. The number of carbonyl (C=O) groups excluding carboxylic acids is 2. The normalized spacial score (nSPS) is 14.0. The van der Waals surface area contributed by atoms with E-state index in [1.165, 1.54) is 35.2 Å². The predicted octanol–water partition coefficient (Wildman–Crippen LogP) is 8.19. The first-order valence-corrected chi connectivity index (χ1v) is 18.1. The van der Waals surface area contributed by atoms with Gasteiger partial charge in [0.25, 0.3) is 10.0 Å². The van der Waals surface area contributed by atoms with Crippen LogP contribution in [0.25, 0.3) is 0 Å². The van der Waals surface area contributed by atoms with Gasteiger partial charge in [0, 0.05) is 34.1 Å². The molecule has 1 saturated carbocycles. The van der Waals surface area contributed by atoms with Gasteiger partial charge in [-0.15, -0.1) is 0 Å². The number of carbonyl (C=O) groups is 2. The minimum atomic E-state index is -4.33. The van der Waals surface area contributed by atoms with Crippen LogP contribution in [0, 0.1) is 0 Å². The number of hydrogen-bond acceptors (Lipinski definition) is 4. The molecule has 0 aromatic heterocycles. The van der Waals surface area contributed by atoms with E-state index in [4.69, 9.17) is 46.4 Å². The zero-order valence-electron chi connectivity index (χ0n) is 25.3. The van der Waals surface area contributed by atoms with Crippen LogP contribution in [0.5, 0.6) is 0 Å². The van der Waals surface area contributed by atoms with E-state index in [9.17, 15) is 18.0 Å². The van der Waals surface area contributed by atoms with Crippen molar-refractivity contribution in [2.24, 2.45) is 0 Å². The second-order valence-corrected chi connectivity index (χ2v) is 14.9. The van der Waals surface area contributed by atoms with Crippen LogP contribution in [0.15, 0.2) is 102 Å². The Morgan fingerprint density at radius 3 is 2.06 bits per heavy atom. The molecule has 0 aliphatic heterocycles. The number of benzene rings is 4. The Kier molecular flexibility index (Phi) is 11.7. The van der Waals surface area contributed by atoms with E-state index in [1.807, 2.05) is 30.3 Å². The lowest BCUT2D eigenvalue weighted by Crippen LogP contribution is -2.54. The van der Waals surface area contributed by atoms with E-state index < -0.39 is 28.5 Å². The van der Waals surface area contributed by atoms with E-state index in [0.717, 1.165) is 35.6 Å². The van der Waals surface area contributed by atoms with Gasteiger partial charge in [-0.05, 0) is 66.4 Å². The van der Waals surface area contributed by atoms with Crippen molar-refractivity contribution in [1.82, 2.24) is 10.2 Å². The average molecular weight is 734 g/mol. The van der Waals surface area contributed by atoms with Gasteiger partial charge >= 0.3 is 0 Å². The summed E-state index contributed by atoms with van der Waals surface area (Å²) >= 11 is 25.6. The van der Waals surface area contributed by atoms with Gasteiger partial charge in [-0.25, -0.2) is 8.42 Å². The third kappa shape index (κ3) is 8.80. The first kappa shape index (κ1) is 35.0. The van der Waals surface area contributed by atoms with Gasteiger partial charge in [0.05, 0.1) is 15.6 Å². The Balaban J connectivity index is 1.60. The Labute approximate surface area is 295 Å². The summed E-state index contributed by atoms with van der Waals surface area (Å²) in [6.07, 6.45) is 3.88. The van der Waals surface area contributed by atoms with Gasteiger partial charge < -0.3 is 10.2 Å². The molecule has 1 N–H and O–H groups in total. The lowest BCUT2D eigenvalue weighted by Gasteiger charge is -2.34. The summed E-state index contributed by atoms with van der Waals surface area (Å²) in [5.41, 5.74) is 1.39. The van der Waals surface area contributed by atoms with Crippen LogP contribution < -0.4 is 9.62 Å². The summed E-state index contributed by atoms with van der Waals surface area (Å²) in [5, 5.41) is 4.16. The molecule has 7 nitrogen and oxygen atoms in total. The van der Waals surface area contributed by atoms with Gasteiger partial charge in [-0.2, -0.15) is 0 Å². The molecular weight excluding hydrogens is 700 g/mol. The zero-order chi connectivity index (χ0) is 33.6. The number of amides is 2. The maximum Gasteiger partial charge on any atom is 0.264 e. The van der Waals surface area contributed by atoms with Crippen LogP contribution in [0.1, 0.15) is 36.8 Å². The van der Waals surface area contributed by atoms with Gasteiger partial charge in [-0.1, -0.05) is 114 Å². The van der Waals surface area contributed by atoms with E-state index in [0.29, 0.717) is 15.6 Å². The lowest BCUT2D eigenvalue weighted by molar-refractivity contribution is -0.140. The molecule has 12 heteroatoms. The molecule has 0 heterocycles. The van der Waals surface area contributed by atoms with Crippen LogP contribution in [-0.4, -0.2) is 43.8 Å². The maximum atomic E-state index is 14.7. The smallest absolute Gasteiger partial charge is 0.264 e. The first-order chi connectivity index (χ1) is 22.5. The van der Waals surface area contributed by atoms with E-state index >= 15 is 0 Å². The number of rotatable bonds is 12.